The molecule has 20 heavy (non-hydrogen) atoms. The Morgan fingerprint density at radius 2 is 1.55 bits per heavy atom. The lowest BCUT2D eigenvalue weighted by molar-refractivity contribution is 0.632. The minimum absolute atomic E-state index is 0.899. The number of para-hydroxylation sites is 1. The summed E-state index contributed by atoms with van der Waals surface area (Å²) in [4.78, 5) is 3.26. The lowest BCUT2D eigenvalue weighted by Gasteiger charge is -2.05. The fraction of sp³-hybridized carbons (Fsp3) is 0. The highest BCUT2D eigenvalue weighted by molar-refractivity contribution is 5.87. The van der Waals surface area contributed by atoms with Crippen LogP contribution in [0, 0.1) is 0 Å². The maximum atomic E-state index is 5.98. The molecule has 0 unspecified atom stereocenters. The number of nitrogens with one attached hydrogen (secondary N) is 1. The summed E-state index contributed by atoms with van der Waals surface area (Å²) in [5, 5.41) is 1.13. The smallest absolute Gasteiger partial charge is 0.136 e. The minimum Gasteiger partial charge on any atom is -0.456 e. The number of furan rings is 1. The Hall–Kier alpha value is -2.74. The van der Waals surface area contributed by atoms with Crippen molar-refractivity contribution in [2.45, 2.75) is 0 Å². The number of rotatable bonds is 2. The van der Waals surface area contributed by atoms with Crippen molar-refractivity contribution in [1.29, 1.82) is 0 Å². The van der Waals surface area contributed by atoms with Crippen molar-refractivity contribution in [3.8, 4) is 22.6 Å². The normalized spacial score (nSPS) is 11.0. The molecule has 0 radical (unpaired) electrons. The molecule has 2 heteroatoms. The highest BCUT2D eigenvalue weighted by atomic mass is 16.3. The number of aromatic nitrogens is 1. The summed E-state index contributed by atoms with van der Waals surface area (Å²) in [6.07, 6.45) is 1.94. The zero-order valence-electron chi connectivity index (χ0n) is 10.8. The summed E-state index contributed by atoms with van der Waals surface area (Å²) < 4.78 is 5.98. The molecule has 2 nitrogen and oxygen atoms in total. The topological polar surface area (TPSA) is 28.9 Å². The van der Waals surface area contributed by atoms with Crippen molar-refractivity contribution < 1.29 is 4.42 Å². The molecule has 2 aromatic carbocycles. The van der Waals surface area contributed by atoms with Gasteiger partial charge >= 0.3 is 0 Å². The fourth-order valence-corrected chi connectivity index (χ4v) is 2.55. The van der Waals surface area contributed by atoms with Gasteiger partial charge in [0.1, 0.15) is 11.3 Å². The van der Waals surface area contributed by atoms with Crippen LogP contribution in [0.15, 0.2) is 77.3 Å². The fourth-order valence-electron chi connectivity index (χ4n) is 2.55. The zero-order valence-corrected chi connectivity index (χ0v) is 10.8. The highest BCUT2D eigenvalue weighted by Gasteiger charge is 2.11. The first kappa shape index (κ1) is 11.1. The van der Waals surface area contributed by atoms with Crippen LogP contribution in [0.25, 0.3) is 33.6 Å². The predicted molar refractivity (Wildman–Crippen MR) is 81.4 cm³/mol. The Kier molecular flexibility index (Phi) is 2.46. The standard InChI is InChI=1S/C18H13NO/c1-4-10-17-13(6-1)12-18(20-17)15-8-3-2-7-14(15)16-9-5-11-19-16/h1-12,19H. The van der Waals surface area contributed by atoms with Gasteiger partial charge in [0.25, 0.3) is 0 Å². The van der Waals surface area contributed by atoms with Crippen LogP contribution in [-0.4, -0.2) is 4.98 Å². The van der Waals surface area contributed by atoms with Crippen LogP contribution >= 0.6 is 0 Å². The molecule has 0 bridgehead atoms. The first-order valence-electron chi connectivity index (χ1n) is 6.63. The van der Waals surface area contributed by atoms with E-state index in [2.05, 4.69) is 35.3 Å². The number of hydrogen-bond donors (Lipinski definition) is 1. The Balaban J connectivity index is 1.94. The van der Waals surface area contributed by atoms with Gasteiger partial charge in [-0.3, -0.25) is 0 Å². The Labute approximate surface area is 116 Å². The number of hydrogen-bond acceptors (Lipinski definition) is 1. The van der Waals surface area contributed by atoms with Gasteiger partial charge in [0.15, 0.2) is 0 Å². The molecule has 0 fully saturated rings. The molecule has 4 aromatic rings. The molecule has 0 saturated carbocycles. The van der Waals surface area contributed by atoms with E-state index < -0.39 is 0 Å². The number of aromatic amines is 1. The third-order valence-corrected chi connectivity index (χ3v) is 3.51. The van der Waals surface area contributed by atoms with Gasteiger partial charge in [0.05, 0.1) is 0 Å². The van der Waals surface area contributed by atoms with Crippen molar-refractivity contribution in [2.75, 3.05) is 0 Å². The molecule has 2 heterocycles. The van der Waals surface area contributed by atoms with E-state index in [1.807, 2.05) is 42.6 Å². The number of H-pyrrole nitrogens is 1. The molecule has 2 aromatic heterocycles. The summed E-state index contributed by atoms with van der Waals surface area (Å²) in [6, 6.07) is 22.5. The molecular weight excluding hydrogens is 246 g/mol. The molecule has 0 aliphatic heterocycles. The molecule has 1 N–H and O–H groups in total. The lowest BCUT2D eigenvalue weighted by atomic mass is 10.0. The average Bonchev–Trinajstić information content (AvgIpc) is 3.16. The molecule has 0 saturated heterocycles. The molecule has 0 aliphatic rings. The predicted octanol–water partition coefficient (Wildman–Crippen LogP) is 5.09. The molecule has 4 rings (SSSR count). The Morgan fingerprint density at radius 3 is 2.35 bits per heavy atom. The van der Waals surface area contributed by atoms with Gasteiger partial charge in [-0.2, -0.15) is 0 Å². The van der Waals surface area contributed by atoms with E-state index in [-0.39, 0.29) is 0 Å². The largest absolute Gasteiger partial charge is 0.456 e. The van der Waals surface area contributed by atoms with Gasteiger partial charge in [0, 0.05) is 28.4 Å². The van der Waals surface area contributed by atoms with E-state index in [0.29, 0.717) is 0 Å². The molecular formula is C18H13NO. The summed E-state index contributed by atoms with van der Waals surface area (Å²) >= 11 is 0. The SMILES string of the molecule is c1c[nH]c(-c2ccccc2-c2cc3ccccc3o2)c1. The Bertz CT molecular complexity index is 823. The molecule has 96 valence electrons. The molecule has 0 atom stereocenters. The number of benzene rings is 2. The van der Waals surface area contributed by atoms with Gasteiger partial charge in [-0.1, -0.05) is 42.5 Å². The summed E-state index contributed by atoms with van der Waals surface area (Å²) in [5.41, 5.74) is 4.27. The summed E-state index contributed by atoms with van der Waals surface area (Å²) in [7, 11) is 0. The average molecular weight is 259 g/mol. The van der Waals surface area contributed by atoms with Gasteiger partial charge < -0.3 is 9.40 Å². The van der Waals surface area contributed by atoms with E-state index in [9.17, 15) is 0 Å². The van der Waals surface area contributed by atoms with Crippen LogP contribution < -0.4 is 0 Å². The monoisotopic (exact) mass is 259 g/mol. The van der Waals surface area contributed by atoms with Crippen molar-refractivity contribution in [2.24, 2.45) is 0 Å². The van der Waals surface area contributed by atoms with Gasteiger partial charge in [-0.05, 0) is 24.3 Å². The maximum absolute atomic E-state index is 5.98. The van der Waals surface area contributed by atoms with E-state index in [1.54, 1.807) is 0 Å². The van der Waals surface area contributed by atoms with Gasteiger partial charge in [0.2, 0.25) is 0 Å². The third kappa shape index (κ3) is 1.74. The summed E-state index contributed by atoms with van der Waals surface area (Å²) in [5.74, 6) is 0.899. The van der Waals surface area contributed by atoms with Crippen LogP contribution in [0.3, 0.4) is 0 Å². The number of fused-ring (bicyclic) bond motifs is 1. The van der Waals surface area contributed by atoms with Crippen LogP contribution in [-0.2, 0) is 0 Å². The van der Waals surface area contributed by atoms with Crippen LogP contribution in [0.1, 0.15) is 0 Å². The van der Waals surface area contributed by atoms with E-state index >= 15 is 0 Å². The van der Waals surface area contributed by atoms with Crippen molar-refractivity contribution >= 4 is 11.0 Å². The molecule has 0 spiro atoms. The maximum Gasteiger partial charge on any atom is 0.136 e. The van der Waals surface area contributed by atoms with Gasteiger partial charge in [-0.25, -0.2) is 0 Å². The van der Waals surface area contributed by atoms with Crippen molar-refractivity contribution in [1.82, 2.24) is 4.98 Å². The quantitative estimate of drug-likeness (QED) is 0.533. The zero-order chi connectivity index (χ0) is 13.4. The molecule has 0 aliphatic carbocycles. The van der Waals surface area contributed by atoms with E-state index in [0.717, 1.165) is 33.6 Å². The van der Waals surface area contributed by atoms with Crippen LogP contribution in [0.5, 0.6) is 0 Å². The second-order valence-electron chi connectivity index (χ2n) is 4.78. The highest BCUT2D eigenvalue weighted by Crippen LogP contribution is 2.34. The van der Waals surface area contributed by atoms with Crippen LogP contribution in [0.2, 0.25) is 0 Å². The van der Waals surface area contributed by atoms with Crippen LogP contribution in [0.4, 0.5) is 0 Å². The van der Waals surface area contributed by atoms with Crippen molar-refractivity contribution in [3.63, 3.8) is 0 Å². The second kappa shape index (κ2) is 4.42. The minimum atomic E-state index is 0.899. The van der Waals surface area contributed by atoms with E-state index in [1.165, 1.54) is 0 Å². The molecule has 0 amide bonds. The van der Waals surface area contributed by atoms with E-state index in [4.69, 9.17) is 4.42 Å². The lowest BCUT2D eigenvalue weighted by Crippen LogP contribution is -1.82. The first-order valence-corrected chi connectivity index (χ1v) is 6.63. The second-order valence-corrected chi connectivity index (χ2v) is 4.78. The summed E-state index contributed by atoms with van der Waals surface area (Å²) in [6.45, 7) is 0. The first-order chi connectivity index (χ1) is 9.92. The Morgan fingerprint density at radius 1 is 0.750 bits per heavy atom. The van der Waals surface area contributed by atoms with Crippen molar-refractivity contribution in [3.05, 3.63) is 72.9 Å². The van der Waals surface area contributed by atoms with Gasteiger partial charge in [-0.15, -0.1) is 0 Å². The third-order valence-electron chi connectivity index (χ3n) is 3.51.